The average molecular weight is 261 g/mol. The predicted octanol–water partition coefficient (Wildman–Crippen LogP) is 2.49. The fraction of sp³-hybridized carbons (Fsp3) is 1.00. The van der Waals surface area contributed by atoms with E-state index in [2.05, 4.69) is 56.9 Å². The van der Waals surface area contributed by atoms with Crippen LogP contribution in [0.25, 0.3) is 0 Å². The fourth-order valence-corrected chi connectivity index (χ4v) is 2.42. The van der Waals surface area contributed by atoms with Crippen LogP contribution >= 0.6 is 0 Å². The first-order valence-electron chi connectivity index (χ1n) is 8.20. The molecule has 2 radical (unpaired) electrons. The van der Waals surface area contributed by atoms with Crippen LogP contribution in [-0.4, -0.2) is 55.9 Å². The number of rotatable bonds is 9. The lowest BCUT2D eigenvalue weighted by Gasteiger charge is -2.44. The molecule has 1 heterocycles. The largest absolute Gasteiger partial charge is 0.365 e. The van der Waals surface area contributed by atoms with Gasteiger partial charge in [-0.1, -0.05) is 46.9 Å². The van der Waals surface area contributed by atoms with Crippen LogP contribution < -0.4 is 0 Å². The van der Waals surface area contributed by atoms with Gasteiger partial charge in [0.05, 0.1) is 0 Å². The summed E-state index contributed by atoms with van der Waals surface area (Å²) in [6, 6.07) is 0. The molecule has 0 aromatic carbocycles. The lowest BCUT2D eigenvalue weighted by atomic mass is 9.59. The predicted molar refractivity (Wildman–Crippen MR) is 88.0 cm³/mol. The van der Waals surface area contributed by atoms with Gasteiger partial charge >= 0.3 is 0 Å². The zero-order chi connectivity index (χ0) is 14.1. The second kappa shape index (κ2) is 9.90. The minimum absolute atomic E-state index is 0.510. The summed E-state index contributed by atoms with van der Waals surface area (Å²) in [5.41, 5.74) is 0. The molecule has 106 valence electrons. The number of nitrogens with zero attached hydrogens (tertiary/aromatic N) is 3. The van der Waals surface area contributed by atoms with Crippen molar-refractivity contribution in [3.63, 3.8) is 0 Å². The summed E-state index contributed by atoms with van der Waals surface area (Å²) < 4.78 is 7.40. The fourth-order valence-electron chi connectivity index (χ4n) is 2.42. The van der Waals surface area contributed by atoms with E-state index in [0.29, 0.717) is 6.98 Å². The highest BCUT2D eigenvalue weighted by Gasteiger charge is 2.34. The summed E-state index contributed by atoms with van der Waals surface area (Å²) in [6.45, 7) is 13.1. The zero-order valence-corrected chi connectivity index (χ0v) is 13.4. The Hall–Kier alpha value is 0.0748. The lowest BCUT2D eigenvalue weighted by molar-refractivity contribution is 0.443. The Morgan fingerprint density at radius 3 is 1.58 bits per heavy atom. The molecule has 3 nitrogen and oxygen atoms in total. The Bertz CT molecular complexity index is 213. The average Bonchev–Trinajstić information content (AvgIpc) is 2.43. The summed E-state index contributed by atoms with van der Waals surface area (Å²) in [5.74, 6) is 0. The minimum Gasteiger partial charge on any atom is -0.365 e. The van der Waals surface area contributed by atoms with Crippen molar-refractivity contribution in [2.24, 2.45) is 0 Å². The van der Waals surface area contributed by atoms with Gasteiger partial charge in [0.15, 0.2) is 0 Å². The van der Waals surface area contributed by atoms with Crippen molar-refractivity contribution in [1.29, 1.82) is 0 Å². The van der Waals surface area contributed by atoms with Crippen molar-refractivity contribution < 1.29 is 0 Å². The van der Waals surface area contributed by atoms with Gasteiger partial charge in [-0.15, -0.1) is 0 Å². The van der Waals surface area contributed by atoms with Gasteiger partial charge in [-0.3, -0.25) is 0 Å². The molecule has 0 aliphatic carbocycles. The molecule has 0 atom stereocenters. The zero-order valence-electron chi connectivity index (χ0n) is 13.4. The van der Waals surface area contributed by atoms with Crippen molar-refractivity contribution in [3.05, 3.63) is 0 Å². The van der Waals surface area contributed by atoms with E-state index in [9.17, 15) is 0 Å². The monoisotopic (exact) mass is 261 g/mol. The third kappa shape index (κ3) is 5.93. The van der Waals surface area contributed by atoms with Crippen LogP contribution in [0, 0.1) is 0 Å². The van der Waals surface area contributed by atoms with Crippen LogP contribution in [0.4, 0.5) is 0 Å². The first-order chi connectivity index (χ1) is 9.22. The second-order valence-electron chi connectivity index (χ2n) is 5.64. The molecule has 1 rings (SSSR count). The number of hydrogen-bond donors (Lipinski definition) is 0. The molecule has 1 fully saturated rings. The van der Waals surface area contributed by atoms with Crippen LogP contribution in [0.1, 0.15) is 59.3 Å². The Labute approximate surface area is 122 Å². The van der Waals surface area contributed by atoms with Gasteiger partial charge in [0.25, 0.3) is 22.1 Å². The number of unbranched alkanes of at least 4 members (excludes halogenated alkanes) is 3. The van der Waals surface area contributed by atoms with Crippen molar-refractivity contribution in [2.45, 2.75) is 66.1 Å². The second-order valence-corrected chi connectivity index (χ2v) is 5.64. The molecule has 0 aromatic heterocycles. The number of hydrogen-bond acceptors (Lipinski definition) is 3. The summed E-state index contributed by atoms with van der Waals surface area (Å²) in [6.07, 6.45) is 7.63. The van der Waals surface area contributed by atoms with E-state index in [4.69, 9.17) is 0 Å². The third-order valence-electron chi connectivity index (χ3n) is 3.86. The Morgan fingerprint density at radius 2 is 1.16 bits per heavy atom. The maximum atomic E-state index is 2.51. The van der Waals surface area contributed by atoms with Crippen LogP contribution in [0.3, 0.4) is 0 Å². The van der Waals surface area contributed by atoms with E-state index in [1.165, 1.54) is 51.6 Å². The molecule has 0 spiro atoms. The van der Waals surface area contributed by atoms with Crippen LogP contribution in [0.2, 0.25) is 6.82 Å². The Morgan fingerprint density at radius 1 is 0.737 bits per heavy atom. The first-order valence-corrected chi connectivity index (χ1v) is 8.20. The maximum absolute atomic E-state index is 2.51. The summed E-state index contributed by atoms with van der Waals surface area (Å²) >= 11 is 0. The van der Waals surface area contributed by atoms with Crippen LogP contribution in [0.5, 0.6) is 0 Å². The maximum Gasteiger partial charge on any atom is 0.290 e. The smallest absolute Gasteiger partial charge is 0.290 e. The Kier molecular flexibility index (Phi) is 8.92. The standard InChI is InChI=1S/C13H30B3N3/c1-5-8-11-17-14-18(12-9-6-2)16(4)19(15-17)13-10-7-3/h5-13H2,1-4H3. The summed E-state index contributed by atoms with van der Waals surface area (Å²) in [7, 11) is 4.66. The van der Waals surface area contributed by atoms with Crippen LogP contribution in [-0.2, 0) is 0 Å². The van der Waals surface area contributed by atoms with E-state index in [1.807, 2.05) is 0 Å². The van der Waals surface area contributed by atoms with Crippen LogP contribution in [0.15, 0.2) is 0 Å². The van der Waals surface area contributed by atoms with Gasteiger partial charge in [-0.25, -0.2) is 0 Å². The topological polar surface area (TPSA) is 9.72 Å². The van der Waals surface area contributed by atoms with Crippen molar-refractivity contribution >= 4 is 22.1 Å². The van der Waals surface area contributed by atoms with E-state index < -0.39 is 0 Å². The SMILES string of the molecule is CCCCN1[B]N(CCCC)B(C)N(CCCC)[B]1. The van der Waals surface area contributed by atoms with Crippen molar-refractivity contribution in [2.75, 3.05) is 19.6 Å². The Balaban J connectivity index is 2.52. The highest BCUT2D eigenvalue weighted by Crippen LogP contribution is 2.12. The van der Waals surface area contributed by atoms with Gasteiger partial charge in [0.2, 0.25) is 0 Å². The molecule has 1 saturated heterocycles. The normalized spacial score (nSPS) is 18.4. The van der Waals surface area contributed by atoms with Gasteiger partial charge in [-0.2, -0.15) is 0 Å². The highest BCUT2D eigenvalue weighted by molar-refractivity contribution is 6.73. The van der Waals surface area contributed by atoms with Gasteiger partial charge in [0.1, 0.15) is 0 Å². The molecule has 19 heavy (non-hydrogen) atoms. The molecular weight excluding hydrogens is 231 g/mol. The molecule has 6 heteroatoms. The van der Waals surface area contributed by atoms with Gasteiger partial charge < -0.3 is 14.2 Å². The molecule has 1 aliphatic heterocycles. The molecule has 0 amide bonds. The minimum atomic E-state index is 0.510. The highest BCUT2D eigenvalue weighted by atomic mass is 15.3. The van der Waals surface area contributed by atoms with Gasteiger partial charge in [0, 0.05) is 0 Å². The van der Waals surface area contributed by atoms with Crippen molar-refractivity contribution in [3.8, 4) is 0 Å². The lowest BCUT2D eigenvalue weighted by Crippen LogP contribution is -2.66. The molecular formula is C13H30B3N3. The van der Waals surface area contributed by atoms with E-state index in [-0.39, 0.29) is 0 Å². The summed E-state index contributed by atoms with van der Waals surface area (Å²) in [5, 5.41) is 0. The third-order valence-corrected chi connectivity index (χ3v) is 3.86. The molecule has 0 N–H and O–H groups in total. The van der Waals surface area contributed by atoms with Gasteiger partial charge in [-0.05, 0) is 38.9 Å². The molecule has 0 saturated carbocycles. The summed E-state index contributed by atoms with van der Waals surface area (Å²) in [4.78, 5) is 0. The van der Waals surface area contributed by atoms with E-state index in [0.717, 1.165) is 6.54 Å². The quantitative estimate of drug-likeness (QED) is 0.590. The molecule has 0 bridgehead atoms. The first kappa shape index (κ1) is 17.1. The van der Waals surface area contributed by atoms with Crippen molar-refractivity contribution in [1.82, 2.24) is 14.2 Å². The molecule has 0 aromatic rings. The van der Waals surface area contributed by atoms with E-state index in [1.54, 1.807) is 0 Å². The molecule has 0 unspecified atom stereocenters. The molecule has 1 aliphatic rings. The van der Waals surface area contributed by atoms with E-state index >= 15 is 0 Å².